The Morgan fingerprint density at radius 1 is 1.03 bits per heavy atom. The molecule has 37 heavy (non-hydrogen) atoms. The first-order valence-electron chi connectivity index (χ1n) is 12.5. The SMILES string of the molecule is CC1(N2Cc3cc(Cl)ccc3-n3c(nnc3C3CC4(C3)CN(c3ncc(F)cc3F)C4)C2)CC(F)(F)C1. The van der Waals surface area contributed by atoms with Gasteiger partial charge in [0.1, 0.15) is 11.6 Å². The van der Waals surface area contributed by atoms with E-state index < -0.39 is 23.1 Å². The molecule has 3 aromatic rings. The summed E-state index contributed by atoms with van der Waals surface area (Å²) in [4.78, 5) is 7.85. The maximum absolute atomic E-state index is 14.2. The summed E-state index contributed by atoms with van der Waals surface area (Å²) in [5, 5.41) is 9.69. The summed E-state index contributed by atoms with van der Waals surface area (Å²) in [6.45, 7) is 4.13. The van der Waals surface area contributed by atoms with Crippen LogP contribution in [0.15, 0.2) is 30.5 Å². The first-order valence-corrected chi connectivity index (χ1v) is 12.8. The number of alkyl halides is 2. The highest BCUT2D eigenvalue weighted by Crippen LogP contribution is 2.57. The highest BCUT2D eigenvalue weighted by molar-refractivity contribution is 6.30. The Labute approximate surface area is 216 Å². The molecule has 0 bridgehead atoms. The fourth-order valence-electron chi connectivity index (χ4n) is 6.94. The van der Waals surface area contributed by atoms with Crippen molar-refractivity contribution in [1.29, 1.82) is 0 Å². The maximum atomic E-state index is 14.2. The molecule has 0 radical (unpaired) electrons. The number of halogens is 5. The van der Waals surface area contributed by atoms with Crippen LogP contribution in [0.3, 0.4) is 0 Å². The van der Waals surface area contributed by atoms with Crippen molar-refractivity contribution in [2.45, 2.75) is 63.1 Å². The van der Waals surface area contributed by atoms with E-state index in [2.05, 4.69) is 24.6 Å². The fraction of sp³-hybridized carbons (Fsp3) is 0.500. The molecule has 1 saturated heterocycles. The minimum atomic E-state index is -2.64. The van der Waals surface area contributed by atoms with Crippen molar-refractivity contribution < 1.29 is 17.6 Å². The second kappa shape index (κ2) is 7.66. The summed E-state index contributed by atoms with van der Waals surface area (Å²) in [5.41, 5.74) is 1.32. The highest BCUT2D eigenvalue weighted by atomic mass is 35.5. The van der Waals surface area contributed by atoms with Crippen molar-refractivity contribution in [3.8, 4) is 5.69 Å². The molecule has 4 heterocycles. The molecule has 2 aliphatic carbocycles. The number of benzene rings is 1. The minimum absolute atomic E-state index is 0.0458. The number of aromatic nitrogens is 4. The number of pyridine rings is 1. The Morgan fingerprint density at radius 3 is 2.49 bits per heavy atom. The number of hydrogen-bond donors (Lipinski definition) is 0. The molecule has 0 amide bonds. The van der Waals surface area contributed by atoms with Crippen molar-refractivity contribution in [3.63, 3.8) is 0 Å². The lowest BCUT2D eigenvalue weighted by Crippen LogP contribution is -2.62. The van der Waals surface area contributed by atoms with Crippen LogP contribution in [0.4, 0.5) is 23.4 Å². The molecule has 2 aliphatic heterocycles. The van der Waals surface area contributed by atoms with E-state index in [4.69, 9.17) is 11.6 Å². The molecule has 4 aliphatic rings. The zero-order valence-electron chi connectivity index (χ0n) is 20.2. The van der Waals surface area contributed by atoms with Gasteiger partial charge in [-0.05, 0) is 43.5 Å². The molecule has 194 valence electrons. The summed E-state index contributed by atoms with van der Waals surface area (Å²) in [7, 11) is 0. The van der Waals surface area contributed by atoms with E-state index >= 15 is 0 Å². The lowest BCUT2D eigenvalue weighted by atomic mass is 9.57. The van der Waals surface area contributed by atoms with Crippen molar-refractivity contribution in [1.82, 2.24) is 24.6 Å². The van der Waals surface area contributed by atoms with Crippen LogP contribution in [-0.2, 0) is 13.1 Å². The predicted octanol–water partition coefficient (Wildman–Crippen LogP) is 5.48. The second-order valence-electron chi connectivity index (χ2n) is 11.6. The van der Waals surface area contributed by atoms with Crippen LogP contribution >= 0.6 is 11.6 Å². The molecule has 7 rings (SSSR count). The molecular weight excluding hydrogens is 508 g/mol. The van der Waals surface area contributed by atoms with Crippen LogP contribution in [-0.4, -0.2) is 49.2 Å². The topological polar surface area (TPSA) is 50.1 Å². The molecule has 3 fully saturated rings. The minimum Gasteiger partial charge on any atom is -0.353 e. The molecule has 2 aromatic heterocycles. The number of fused-ring (bicyclic) bond motifs is 3. The molecule has 6 nitrogen and oxygen atoms in total. The predicted molar refractivity (Wildman–Crippen MR) is 129 cm³/mol. The Morgan fingerprint density at radius 2 is 1.78 bits per heavy atom. The molecule has 0 atom stereocenters. The van der Waals surface area contributed by atoms with Crippen LogP contribution in [0.1, 0.15) is 55.7 Å². The molecule has 11 heteroatoms. The third-order valence-corrected chi connectivity index (χ3v) is 8.87. The van der Waals surface area contributed by atoms with Crippen LogP contribution in [0.2, 0.25) is 5.02 Å². The Bertz CT molecular complexity index is 1400. The Hall–Kier alpha value is -2.72. The van der Waals surface area contributed by atoms with E-state index in [0.717, 1.165) is 48.0 Å². The zero-order valence-corrected chi connectivity index (χ0v) is 20.9. The normalized spacial score (nSPS) is 23.5. The van der Waals surface area contributed by atoms with E-state index in [1.165, 1.54) is 0 Å². The van der Waals surface area contributed by atoms with Gasteiger partial charge in [-0.2, -0.15) is 0 Å². The lowest BCUT2D eigenvalue weighted by molar-refractivity contribution is -0.173. The van der Waals surface area contributed by atoms with Gasteiger partial charge in [0, 0.05) is 60.4 Å². The number of hydrogen-bond acceptors (Lipinski definition) is 5. The van der Waals surface area contributed by atoms with Gasteiger partial charge in [-0.15, -0.1) is 10.2 Å². The summed E-state index contributed by atoms with van der Waals surface area (Å²) in [6.07, 6.45) is 2.43. The lowest BCUT2D eigenvalue weighted by Gasteiger charge is -2.59. The van der Waals surface area contributed by atoms with Crippen molar-refractivity contribution >= 4 is 17.4 Å². The van der Waals surface area contributed by atoms with Crippen molar-refractivity contribution in [2.24, 2.45) is 5.41 Å². The first kappa shape index (κ1) is 23.4. The van der Waals surface area contributed by atoms with E-state index in [0.29, 0.717) is 31.2 Å². The molecule has 0 N–H and O–H groups in total. The summed E-state index contributed by atoms with van der Waals surface area (Å²) in [5.74, 6) is -2.01. The van der Waals surface area contributed by atoms with E-state index in [-0.39, 0.29) is 30.0 Å². The quantitative estimate of drug-likeness (QED) is 0.418. The van der Waals surface area contributed by atoms with Gasteiger partial charge in [0.05, 0.1) is 18.4 Å². The zero-order chi connectivity index (χ0) is 25.7. The van der Waals surface area contributed by atoms with E-state index in [1.807, 2.05) is 30.0 Å². The summed E-state index contributed by atoms with van der Waals surface area (Å²) in [6, 6.07) is 6.55. The van der Waals surface area contributed by atoms with Gasteiger partial charge in [0.25, 0.3) is 5.92 Å². The van der Waals surface area contributed by atoms with E-state index in [9.17, 15) is 17.6 Å². The van der Waals surface area contributed by atoms with Crippen LogP contribution in [0.5, 0.6) is 0 Å². The number of nitrogens with zero attached hydrogens (tertiary/aromatic N) is 6. The molecule has 1 spiro atoms. The second-order valence-corrected chi connectivity index (χ2v) is 12.0. The standard InChI is InChI=1S/C26H25ClF4N6/c1-24(11-26(30,31)12-24)36-9-15-4-17(27)2-3-20(15)37-21(10-36)33-34-22(37)16-6-25(7-16)13-35(14-25)23-19(29)5-18(28)8-32-23/h2-5,8,16H,6-7,9-14H2,1H3. The van der Waals surface area contributed by atoms with Crippen LogP contribution < -0.4 is 4.90 Å². The molecule has 0 unspecified atom stereocenters. The van der Waals surface area contributed by atoms with Gasteiger partial charge >= 0.3 is 0 Å². The average molecular weight is 533 g/mol. The highest BCUT2D eigenvalue weighted by Gasteiger charge is 2.58. The van der Waals surface area contributed by atoms with E-state index in [1.54, 1.807) is 0 Å². The molecular formula is C26H25ClF4N6. The fourth-order valence-corrected chi connectivity index (χ4v) is 7.13. The van der Waals surface area contributed by atoms with Crippen molar-refractivity contribution in [2.75, 3.05) is 18.0 Å². The summed E-state index contributed by atoms with van der Waals surface area (Å²) < 4.78 is 57.2. The monoisotopic (exact) mass is 532 g/mol. The average Bonchev–Trinajstić information content (AvgIpc) is 3.06. The smallest absolute Gasteiger partial charge is 0.251 e. The maximum Gasteiger partial charge on any atom is 0.251 e. The number of anilines is 1. The van der Waals surface area contributed by atoms with Gasteiger partial charge < -0.3 is 4.90 Å². The Kier molecular flexibility index (Phi) is 4.85. The van der Waals surface area contributed by atoms with Crippen LogP contribution in [0, 0.1) is 17.0 Å². The third kappa shape index (κ3) is 3.66. The van der Waals surface area contributed by atoms with Gasteiger partial charge in [-0.1, -0.05) is 11.6 Å². The van der Waals surface area contributed by atoms with Gasteiger partial charge in [-0.25, -0.2) is 22.5 Å². The third-order valence-electron chi connectivity index (χ3n) is 8.64. The van der Waals surface area contributed by atoms with Gasteiger partial charge in [-0.3, -0.25) is 9.47 Å². The van der Waals surface area contributed by atoms with Gasteiger partial charge in [0.15, 0.2) is 17.5 Å². The summed E-state index contributed by atoms with van der Waals surface area (Å²) >= 11 is 6.34. The van der Waals surface area contributed by atoms with Gasteiger partial charge in [0.2, 0.25) is 0 Å². The number of rotatable bonds is 3. The molecule has 2 saturated carbocycles. The Balaban J connectivity index is 1.14. The molecule has 1 aromatic carbocycles. The van der Waals surface area contributed by atoms with Crippen LogP contribution in [0.25, 0.3) is 5.69 Å². The first-order chi connectivity index (χ1) is 17.5. The largest absolute Gasteiger partial charge is 0.353 e. The van der Waals surface area contributed by atoms with Crippen molar-refractivity contribution in [3.05, 3.63) is 64.3 Å².